The Labute approximate surface area is 90.8 Å². The molecule has 16 heavy (non-hydrogen) atoms. The largest absolute Gasteiger partial charge is 0.489 e. The van der Waals surface area contributed by atoms with Crippen LogP contribution in [0.25, 0.3) is 0 Å². The van der Waals surface area contributed by atoms with E-state index >= 15 is 0 Å². The molecule has 0 aliphatic carbocycles. The van der Waals surface area contributed by atoms with Crippen LogP contribution in [-0.2, 0) is 4.79 Å². The van der Waals surface area contributed by atoms with Crippen molar-refractivity contribution in [3.8, 4) is 5.75 Å². The van der Waals surface area contributed by atoms with Crippen LogP contribution in [-0.4, -0.2) is 28.1 Å². The second kappa shape index (κ2) is 4.56. The third kappa shape index (κ3) is 2.25. The number of aliphatic carboxylic acids is 1. The van der Waals surface area contributed by atoms with Crippen LogP contribution in [0.2, 0.25) is 0 Å². The summed E-state index contributed by atoms with van der Waals surface area (Å²) in [5, 5.41) is 19.3. The number of carbonyl (C=O) groups is 1. The van der Waals surface area contributed by atoms with Gasteiger partial charge in [0.15, 0.2) is 0 Å². The fraction of sp³-hybridized carbons (Fsp3) is 0.333. The van der Waals surface area contributed by atoms with E-state index < -0.39 is 22.6 Å². The van der Waals surface area contributed by atoms with E-state index in [1.54, 1.807) is 0 Å². The summed E-state index contributed by atoms with van der Waals surface area (Å²) in [6.45, 7) is 1.46. The van der Waals surface area contributed by atoms with Crippen molar-refractivity contribution in [2.24, 2.45) is 0 Å². The van der Waals surface area contributed by atoms with Crippen LogP contribution in [0.1, 0.15) is 18.4 Å². The van der Waals surface area contributed by atoms with Gasteiger partial charge in [-0.2, -0.15) is 0 Å². The van der Waals surface area contributed by atoms with Crippen molar-refractivity contribution in [2.45, 2.75) is 12.8 Å². The highest BCUT2D eigenvalue weighted by atomic mass is 16.6. The van der Waals surface area contributed by atoms with E-state index in [1.165, 1.54) is 26.3 Å². The lowest BCUT2D eigenvalue weighted by Gasteiger charge is -2.06. The average molecular weight is 226 g/mol. The van der Waals surface area contributed by atoms with Crippen molar-refractivity contribution >= 4 is 11.8 Å². The van der Waals surface area contributed by atoms with Gasteiger partial charge >= 0.3 is 11.8 Å². The predicted octanol–water partition coefficient (Wildman–Crippen LogP) is 1.19. The van der Waals surface area contributed by atoms with Crippen LogP contribution in [0, 0.1) is 10.1 Å². The normalized spacial score (nSPS) is 11.9. The fourth-order valence-corrected chi connectivity index (χ4v) is 1.12. The Morgan fingerprint density at radius 1 is 1.69 bits per heavy atom. The van der Waals surface area contributed by atoms with Gasteiger partial charge < -0.3 is 20.0 Å². The topological polar surface area (TPSA) is 103 Å². The monoisotopic (exact) mass is 226 g/mol. The maximum atomic E-state index is 10.7. The Kier molecular flexibility index (Phi) is 3.39. The molecule has 86 valence electrons. The lowest BCUT2D eigenvalue weighted by atomic mass is 10.0. The summed E-state index contributed by atoms with van der Waals surface area (Å²) in [5.74, 6) is -2.29. The van der Waals surface area contributed by atoms with Crippen molar-refractivity contribution < 1.29 is 19.6 Å². The van der Waals surface area contributed by atoms with E-state index in [0.717, 1.165) is 0 Å². The van der Waals surface area contributed by atoms with Crippen molar-refractivity contribution in [1.82, 2.24) is 4.98 Å². The minimum Gasteiger partial charge on any atom is -0.489 e. The fourth-order valence-electron chi connectivity index (χ4n) is 1.12. The zero-order chi connectivity index (χ0) is 12.3. The minimum atomic E-state index is -1.03. The summed E-state index contributed by atoms with van der Waals surface area (Å²) in [7, 11) is 1.26. The molecule has 0 spiro atoms. The molecule has 1 heterocycles. The Balaban J connectivity index is 3.18. The number of hydrogen-bond donors (Lipinski definition) is 1. The van der Waals surface area contributed by atoms with Crippen LogP contribution in [0.5, 0.6) is 5.75 Å². The molecule has 7 nitrogen and oxygen atoms in total. The van der Waals surface area contributed by atoms with Crippen molar-refractivity contribution in [3.63, 3.8) is 0 Å². The van der Waals surface area contributed by atoms with Crippen molar-refractivity contribution in [2.75, 3.05) is 7.11 Å². The first-order valence-corrected chi connectivity index (χ1v) is 4.38. The molecule has 7 heteroatoms. The number of carboxylic acid groups (broad SMARTS) is 1. The number of nitrogens with zero attached hydrogens (tertiary/aromatic N) is 2. The molecule has 0 fully saturated rings. The number of ether oxygens (including phenoxy) is 1. The summed E-state index contributed by atoms with van der Waals surface area (Å²) in [5.41, 5.74) is 0.356. The molecule has 0 aromatic carbocycles. The standard InChI is InChI=1S/C9H10N2O5/c1-5(9(12)13)6-3-7(16-2)8(10-4-6)11(14)15/h3-5H,1-2H3,(H,12,13). The molecule has 0 amide bonds. The van der Waals surface area contributed by atoms with Crippen LogP contribution in [0.3, 0.4) is 0 Å². The number of hydrogen-bond acceptors (Lipinski definition) is 5. The van der Waals surface area contributed by atoms with E-state index in [1.807, 2.05) is 0 Å². The maximum Gasteiger partial charge on any atom is 0.406 e. The number of carboxylic acids is 1. The third-order valence-electron chi connectivity index (χ3n) is 2.12. The molecular weight excluding hydrogens is 216 g/mol. The summed E-state index contributed by atoms with van der Waals surface area (Å²) in [4.78, 5) is 24.1. The molecule has 1 aromatic rings. The van der Waals surface area contributed by atoms with Gasteiger partial charge in [-0.25, -0.2) is 0 Å². The third-order valence-corrected chi connectivity index (χ3v) is 2.12. The van der Waals surface area contributed by atoms with E-state index in [2.05, 4.69) is 4.98 Å². The zero-order valence-electron chi connectivity index (χ0n) is 8.71. The summed E-state index contributed by atoms with van der Waals surface area (Å²) in [6, 6.07) is 1.31. The van der Waals surface area contributed by atoms with E-state index in [4.69, 9.17) is 9.84 Å². The molecule has 1 unspecified atom stereocenters. The number of pyridine rings is 1. The first-order chi connectivity index (χ1) is 7.47. The van der Waals surface area contributed by atoms with E-state index in [0.29, 0.717) is 5.56 Å². The number of aromatic nitrogens is 1. The predicted molar refractivity (Wildman–Crippen MR) is 53.5 cm³/mol. The smallest absolute Gasteiger partial charge is 0.406 e. The second-order valence-corrected chi connectivity index (χ2v) is 3.11. The van der Waals surface area contributed by atoms with Gasteiger partial charge in [0.25, 0.3) is 0 Å². The number of nitro groups is 1. The van der Waals surface area contributed by atoms with E-state index in [9.17, 15) is 14.9 Å². The molecule has 1 N–H and O–H groups in total. The minimum absolute atomic E-state index is 0.0457. The first-order valence-electron chi connectivity index (χ1n) is 4.38. The second-order valence-electron chi connectivity index (χ2n) is 3.11. The van der Waals surface area contributed by atoms with Gasteiger partial charge in [0.2, 0.25) is 5.75 Å². The van der Waals surface area contributed by atoms with Crippen molar-refractivity contribution in [3.05, 3.63) is 27.9 Å². The average Bonchev–Trinajstić information content (AvgIpc) is 2.26. The Bertz CT molecular complexity index is 432. The molecule has 1 rings (SSSR count). The zero-order valence-corrected chi connectivity index (χ0v) is 8.71. The summed E-state index contributed by atoms with van der Waals surface area (Å²) < 4.78 is 4.78. The van der Waals surface area contributed by atoms with E-state index in [-0.39, 0.29) is 5.75 Å². The molecule has 0 aliphatic heterocycles. The quantitative estimate of drug-likeness (QED) is 0.610. The first kappa shape index (κ1) is 11.9. The van der Waals surface area contributed by atoms with Gasteiger partial charge in [0.05, 0.1) is 13.0 Å². The van der Waals surface area contributed by atoms with Crippen LogP contribution in [0.15, 0.2) is 12.3 Å². The molecule has 1 atom stereocenters. The van der Waals surface area contributed by atoms with Gasteiger partial charge in [-0.1, -0.05) is 0 Å². The van der Waals surface area contributed by atoms with Gasteiger partial charge in [-0.15, -0.1) is 0 Å². The van der Waals surface area contributed by atoms with Crippen LogP contribution < -0.4 is 4.74 Å². The van der Waals surface area contributed by atoms with Gasteiger partial charge in [0.1, 0.15) is 6.20 Å². The molecule has 0 saturated heterocycles. The maximum absolute atomic E-state index is 10.7. The van der Waals surface area contributed by atoms with Crippen LogP contribution >= 0.6 is 0 Å². The molecule has 1 aromatic heterocycles. The van der Waals surface area contributed by atoms with Gasteiger partial charge in [-0.3, -0.25) is 4.79 Å². The SMILES string of the molecule is COc1cc(C(C)C(=O)O)cnc1[N+](=O)[O-]. The summed E-state index contributed by atoms with van der Waals surface area (Å²) in [6.07, 6.45) is 1.17. The lowest BCUT2D eigenvalue weighted by molar-refractivity contribution is -0.390. The van der Waals surface area contributed by atoms with Gasteiger partial charge in [0, 0.05) is 5.56 Å². The molecule has 0 bridgehead atoms. The van der Waals surface area contributed by atoms with Gasteiger partial charge in [-0.05, 0) is 22.9 Å². The molecule has 0 radical (unpaired) electrons. The Morgan fingerprint density at radius 3 is 2.75 bits per heavy atom. The molecule has 0 saturated carbocycles. The van der Waals surface area contributed by atoms with Crippen LogP contribution in [0.4, 0.5) is 5.82 Å². The number of methoxy groups -OCH3 is 1. The van der Waals surface area contributed by atoms with Crippen molar-refractivity contribution in [1.29, 1.82) is 0 Å². The highest BCUT2D eigenvalue weighted by molar-refractivity contribution is 5.75. The Morgan fingerprint density at radius 2 is 2.31 bits per heavy atom. The molecular formula is C9H10N2O5. The summed E-state index contributed by atoms with van der Waals surface area (Å²) >= 11 is 0. The highest BCUT2D eigenvalue weighted by Crippen LogP contribution is 2.27. The molecule has 0 aliphatic rings. The Hall–Kier alpha value is -2.18. The highest BCUT2D eigenvalue weighted by Gasteiger charge is 2.22. The lowest BCUT2D eigenvalue weighted by Crippen LogP contribution is -2.08. The number of rotatable bonds is 4.